The molecule has 0 fully saturated rings. The van der Waals surface area contributed by atoms with Crippen molar-refractivity contribution in [1.82, 2.24) is 4.98 Å². The lowest BCUT2D eigenvalue weighted by Gasteiger charge is -2.18. The van der Waals surface area contributed by atoms with Gasteiger partial charge in [0.2, 0.25) is 0 Å². The van der Waals surface area contributed by atoms with Crippen LogP contribution in [0.1, 0.15) is 20.8 Å². The summed E-state index contributed by atoms with van der Waals surface area (Å²) < 4.78 is 5.70. The van der Waals surface area contributed by atoms with Gasteiger partial charge >= 0.3 is 0 Å². The molecule has 83 valence electrons. The summed E-state index contributed by atoms with van der Waals surface area (Å²) in [7, 11) is 0. The topological polar surface area (TPSA) is 22.1 Å². The largest absolute Gasteiger partial charge is 0.464 e. The average molecular weight is 232 g/mol. The van der Waals surface area contributed by atoms with Crippen molar-refractivity contribution in [3.8, 4) is 16.5 Å². The van der Waals surface area contributed by atoms with E-state index in [4.69, 9.17) is 4.74 Å². The van der Waals surface area contributed by atoms with E-state index >= 15 is 0 Å². The fourth-order valence-corrected chi connectivity index (χ4v) is 2.11. The number of rotatable bonds is 2. The van der Waals surface area contributed by atoms with E-state index in [0.717, 1.165) is 16.5 Å². The molecule has 2 rings (SSSR count). The maximum absolute atomic E-state index is 5.70. The second-order valence-corrected chi connectivity index (χ2v) is 5.32. The van der Waals surface area contributed by atoms with Gasteiger partial charge in [0.25, 0.3) is 5.19 Å². The molecule has 0 atom stereocenters. The van der Waals surface area contributed by atoms with Crippen molar-refractivity contribution < 1.29 is 4.74 Å². The van der Waals surface area contributed by atoms with Crippen LogP contribution >= 0.6 is 11.3 Å². The first kappa shape index (κ1) is 11.1. The van der Waals surface area contributed by atoms with E-state index in [1.807, 2.05) is 50.4 Å². The molecule has 0 spiro atoms. The Hall–Kier alpha value is -1.35. The van der Waals surface area contributed by atoms with Crippen molar-refractivity contribution in [3.05, 3.63) is 35.7 Å². The number of nitrogens with zero attached hydrogens (tertiary/aromatic N) is 1. The molecule has 1 radical (unpaired) electrons. The lowest BCUT2D eigenvalue weighted by molar-refractivity contribution is 0.130. The van der Waals surface area contributed by atoms with E-state index < -0.39 is 0 Å². The van der Waals surface area contributed by atoms with Gasteiger partial charge in [0, 0.05) is 10.9 Å². The van der Waals surface area contributed by atoms with Gasteiger partial charge in [-0.2, -0.15) is 0 Å². The van der Waals surface area contributed by atoms with Gasteiger partial charge in [-0.05, 0) is 26.8 Å². The first-order chi connectivity index (χ1) is 7.54. The third kappa shape index (κ3) is 2.83. The Morgan fingerprint density at radius 3 is 2.56 bits per heavy atom. The minimum atomic E-state index is -0.195. The molecule has 2 nitrogen and oxygen atoms in total. The summed E-state index contributed by atoms with van der Waals surface area (Å²) in [6.45, 7) is 6.06. The summed E-state index contributed by atoms with van der Waals surface area (Å²) in [5.74, 6) is 0. The smallest absolute Gasteiger partial charge is 0.274 e. The van der Waals surface area contributed by atoms with Crippen LogP contribution in [0.15, 0.2) is 29.6 Å². The van der Waals surface area contributed by atoms with Gasteiger partial charge in [-0.1, -0.05) is 35.6 Å². The van der Waals surface area contributed by atoms with Crippen molar-refractivity contribution in [2.24, 2.45) is 0 Å². The van der Waals surface area contributed by atoms with Crippen LogP contribution in [0.4, 0.5) is 0 Å². The third-order valence-electron chi connectivity index (χ3n) is 1.89. The zero-order valence-electron chi connectivity index (χ0n) is 9.65. The first-order valence-corrected chi connectivity index (χ1v) is 6.03. The highest BCUT2D eigenvalue weighted by molar-refractivity contribution is 7.11. The van der Waals surface area contributed by atoms with Crippen LogP contribution in [0.25, 0.3) is 11.3 Å². The first-order valence-electron chi connectivity index (χ1n) is 5.16. The molecule has 1 aromatic heterocycles. The summed E-state index contributed by atoms with van der Waals surface area (Å²) >= 11 is 1.53. The normalized spacial score (nSPS) is 11.4. The molecule has 0 aliphatic rings. The molecule has 0 amide bonds. The summed E-state index contributed by atoms with van der Waals surface area (Å²) in [4.78, 5) is 4.45. The molecule has 0 saturated carbocycles. The molecule has 3 heteroatoms. The number of thiazole rings is 1. The molecular formula is C13H14NOS. The van der Waals surface area contributed by atoms with Crippen LogP contribution in [0.2, 0.25) is 0 Å². The molecule has 0 N–H and O–H groups in total. The van der Waals surface area contributed by atoms with Gasteiger partial charge in [-0.25, -0.2) is 4.98 Å². The van der Waals surface area contributed by atoms with E-state index in [1.165, 1.54) is 11.3 Å². The van der Waals surface area contributed by atoms with E-state index in [2.05, 4.69) is 11.1 Å². The summed E-state index contributed by atoms with van der Waals surface area (Å²) in [5.41, 5.74) is 1.86. The van der Waals surface area contributed by atoms with Gasteiger partial charge < -0.3 is 4.74 Å². The molecule has 1 aromatic carbocycles. The Balaban J connectivity index is 2.21. The minimum Gasteiger partial charge on any atom is -0.464 e. The molecule has 2 aromatic rings. The van der Waals surface area contributed by atoms with Crippen molar-refractivity contribution >= 4 is 11.3 Å². The van der Waals surface area contributed by atoms with E-state index in [0.29, 0.717) is 0 Å². The maximum atomic E-state index is 5.70. The van der Waals surface area contributed by atoms with Gasteiger partial charge in [0.05, 0.1) is 5.69 Å². The number of hydrogen-bond acceptors (Lipinski definition) is 3. The zero-order chi connectivity index (χ0) is 11.6. The van der Waals surface area contributed by atoms with Gasteiger partial charge in [0.1, 0.15) is 5.60 Å². The Labute approximate surface area is 99.9 Å². The van der Waals surface area contributed by atoms with Gasteiger partial charge in [-0.15, -0.1) is 0 Å². The van der Waals surface area contributed by atoms with Crippen LogP contribution in [-0.2, 0) is 0 Å². The van der Waals surface area contributed by atoms with Crippen LogP contribution in [0.5, 0.6) is 5.19 Å². The molecule has 0 bridgehead atoms. The van der Waals surface area contributed by atoms with Gasteiger partial charge in [-0.3, -0.25) is 0 Å². The maximum Gasteiger partial charge on any atom is 0.274 e. The van der Waals surface area contributed by atoms with E-state index in [9.17, 15) is 0 Å². The van der Waals surface area contributed by atoms with E-state index in [1.54, 1.807) is 0 Å². The molecule has 1 heterocycles. The zero-order valence-corrected chi connectivity index (χ0v) is 10.5. The molecule has 0 unspecified atom stereocenters. The number of benzene rings is 1. The fraction of sp³-hybridized carbons (Fsp3) is 0.308. The van der Waals surface area contributed by atoms with Crippen LogP contribution in [-0.4, -0.2) is 10.6 Å². The molecule has 0 aliphatic carbocycles. The van der Waals surface area contributed by atoms with Crippen LogP contribution in [0.3, 0.4) is 0 Å². The Kier molecular flexibility index (Phi) is 2.97. The summed E-state index contributed by atoms with van der Waals surface area (Å²) in [6, 6.07) is 10.8. The number of aromatic nitrogens is 1. The average Bonchev–Trinajstić information content (AvgIpc) is 2.65. The van der Waals surface area contributed by atoms with Crippen molar-refractivity contribution in [1.29, 1.82) is 0 Å². The molecule has 0 saturated heterocycles. The SMILES string of the molecule is CC(C)(C)Oc1nc(-c2cc[c]cc2)cs1. The van der Waals surface area contributed by atoms with Crippen LogP contribution in [0, 0.1) is 6.07 Å². The molecule has 0 aliphatic heterocycles. The summed E-state index contributed by atoms with van der Waals surface area (Å²) in [6.07, 6.45) is 0. The fourth-order valence-electron chi connectivity index (χ4n) is 1.26. The third-order valence-corrected chi connectivity index (χ3v) is 2.61. The second kappa shape index (κ2) is 4.26. The number of ether oxygens (including phenoxy) is 1. The Morgan fingerprint density at radius 1 is 1.25 bits per heavy atom. The monoisotopic (exact) mass is 232 g/mol. The highest BCUT2D eigenvalue weighted by Crippen LogP contribution is 2.28. The van der Waals surface area contributed by atoms with E-state index in [-0.39, 0.29) is 5.60 Å². The quantitative estimate of drug-likeness (QED) is 0.786. The number of hydrogen-bond donors (Lipinski definition) is 0. The lowest BCUT2D eigenvalue weighted by Crippen LogP contribution is -2.22. The van der Waals surface area contributed by atoms with Crippen LogP contribution < -0.4 is 4.74 Å². The summed E-state index contributed by atoms with van der Waals surface area (Å²) in [5, 5.41) is 2.73. The molecule has 16 heavy (non-hydrogen) atoms. The van der Waals surface area contributed by atoms with Crippen molar-refractivity contribution in [2.45, 2.75) is 26.4 Å². The van der Waals surface area contributed by atoms with Gasteiger partial charge in [0.15, 0.2) is 0 Å². The lowest BCUT2D eigenvalue weighted by atomic mass is 10.2. The predicted octanol–water partition coefficient (Wildman–Crippen LogP) is 3.79. The minimum absolute atomic E-state index is 0.195. The predicted molar refractivity (Wildman–Crippen MR) is 66.8 cm³/mol. The standard InChI is InChI=1S/C13H14NOS/c1-13(2,3)15-12-14-11(9-16-12)10-7-5-4-6-8-10/h5-9H,1-3H3. The Bertz CT molecular complexity index is 456. The van der Waals surface area contributed by atoms with Crippen molar-refractivity contribution in [3.63, 3.8) is 0 Å². The highest BCUT2D eigenvalue weighted by Gasteiger charge is 2.14. The second-order valence-electron chi connectivity index (χ2n) is 4.50. The highest BCUT2D eigenvalue weighted by atomic mass is 32.1. The van der Waals surface area contributed by atoms with Crippen molar-refractivity contribution in [2.75, 3.05) is 0 Å². The Morgan fingerprint density at radius 2 is 1.94 bits per heavy atom. The molecular weight excluding hydrogens is 218 g/mol.